The van der Waals surface area contributed by atoms with Crippen molar-refractivity contribution >= 4 is 5.97 Å². The summed E-state index contributed by atoms with van der Waals surface area (Å²) in [7, 11) is 1.48. The Labute approximate surface area is 107 Å². The number of aromatic carboxylic acids is 1. The molecule has 7 heteroatoms. The molecule has 0 spiro atoms. The summed E-state index contributed by atoms with van der Waals surface area (Å²) in [6, 6.07) is 4.49. The van der Waals surface area contributed by atoms with Gasteiger partial charge in [0.2, 0.25) is 0 Å². The molecule has 1 N–H and O–H groups in total. The lowest BCUT2D eigenvalue weighted by molar-refractivity contribution is 0.0690. The lowest BCUT2D eigenvalue weighted by Gasteiger charge is -2.06. The van der Waals surface area contributed by atoms with Gasteiger partial charge in [0, 0.05) is 19.4 Å². The van der Waals surface area contributed by atoms with Gasteiger partial charge in [-0.15, -0.1) is 0 Å². The number of carbonyl (C=O) groups is 1. The molecule has 0 saturated carbocycles. The highest BCUT2D eigenvalue weighted by Crippen LogP contribution is 2.00. The topological polar surface area (TPSA) is 94.2 Å². The van der Waals surface area contributed by atoms with Crippen LogP contribution >= 0.6 is 0 Å². The summed E-state index contributed by atoms with van der Waals surface area (Å²) in [6.45, 7) is 0.0516. The Hall–Kier alpha value is -2.70. The summed E-state index contributed by atoms with van der Waals surface area (Å²) in [5.41, 5.74) is -1.02. The van der Waals surface area contributed by atoms with Crippen LogP contribution in [0, 0.1) is 0 Å². The van der Waals surface area contributed by atoms with Gasteiger partial charge < -0.3 is 14.2 Å². The molecule has 0 unspecified atom stereocenters. The number of carboxylic acids is 1. The van der Waals surface area contributed by atoms with Crippen molar-refractivity contribution in [1.29, 1.82) is 0 Å². The monoisotopic (exact) mass is 261 g/mol. The number of aromatic nitrogens is 3. The maximum Gasteiger partial charge on any atom is 0.354 e. The number of pyridine rings is 1. The standard InChI is InChI=1S/C12H11N3O4/c1-14-5-6-15(11(17)10(14)16)7-8-3-2-4-9(13-8)12(18)19/h2-6H,7H2,1H3,(H,18,19). The first-order valence-corrected chi connectivity index (χ1v) is 5.44. The predicted molar refractivity (Wildman–Crippen MR) is 66.2 cm³/mol. The SMILES string of the molecule is Cn1ccn(Cc2cccc(C(=O)O)n2)c(=O)c1=O. The second kappa shape index (κ2) is 4.89. The first-order valence-electron chi connectivity index (χ1n) is 5.44. The predicted octanol–water partition coefficient (Wildman–Crippen LogP) is -0.311. The van der Waals surface area contributed by atoms with E-state index < -0.39 is 17.1 Å². The van der Waals surface area contributed by atoms with Crippen molar-refractivity contribution in [1.82, 2.24) is 14.1 Å². The molecule has 7 nitrogen and oxygen atoms in total. The van der Waals surface area contributed by atoms with Crippen molar-refractivity contribution in [3.63, 3.8) is 0 Å². The third-order valence-electron chi connectivity index (χ3n) is 2.59. The largest absolute Gasteiger partial charge is 0.477 e. The van der Waals surface area contributed by atoms with Crippen molar-refractivity contribution < 1.29 is 9.90 Å². The Morgan fingerprint density at radius 1 is 1.26 bits per heavy atom. The van der Waals surface area contributed by atoms with Crippen LogP contribution in [0.3, 0.4) is 0 Å². The van der Waals surface area contributed by atoms with Crippen LogP contribution in [0.5, 0.6) is 0 Å². The van der Waals surface area contributed by atoms with Gasteiger partial charge in [0.1, 0.15) is 5.69 Å². The van der Waals surface area contributed by atoms with Crippen LogP contribution in [0.15, 0.2) is 40.2 Å². The van der Waals surface area contributed by atoms with E-state index in [1.54, 1.807) is 6.07 Å². The zero-order valence-corrected chi connectivity index (χ0v) is 10.1. The van der Waals surface area contributed by atoms with E-state index in [-0.39, 0.29) is 12.2 Å². The van der Waals surface area contributed by atoms with Crippen LogP contribution in [0.2, 0.25) is 0 Å². The Balaban J connectivity index is 2.40. The fourth-order valence-electron chi connectivity index (χ4n) is 1.58. The molecule has 0 amide bonds. The van der Waals surface area contributed by atoms with Crippen LogP contribution in [0.25, 0.3) is 0 Å². The van der Waals surface area contributed by atoms with E-state index in [9.17, 15) is 14.4 Å². The lowest BCUT2D eigenvalue weighted by atomic mass is 10.3. The quantitative estimate of drug-likeness (QED) is 0.765. The second-order valence-electron chi connectivity index (χ2n) is 3.97. The summed E-state index contributed by atoms with van der Waals surface area (Å²) in [5.74, 6) is -1.14. The Kier molecular flexibility index (Phi) is 3.28. The Bertz CT molecular complexity index is 745. The molecule has 2 aromatic rings. The van der Waals surface area contributed by atoms with E-state index in [1.165, 1.54) is 40.7 Å². The molecule has 0 aliphatic carbocycles. The van der Waals surface area contributed by atoms with Gasteiger partial charge in [-0.05, 0) is 12.1 Å². The summed E-state index contributed by atoms with van der Waals surface area (Å²) in [5, 5.41) is 8.83. The van der Waals surface area contributed by atoms with Crippen LogP contribution in [-0.2, 0) is 13.6 Å². The number of aryl methyl sites for hydroxylation is 1. The number of hydrogen-bond donors (Lipinski definition) is 1. The third kappa shape index (κ3) is 2.59. The zero-order chi connectivity index (χ0) is 14.0. The van der Waals surface area contributed by atoms with Crippen molar-refractivity contribution in [2.75, 3.05) is 0 Å². The fourth-order valence-corrected chi connectivity index (χ4v) is 1.58. The van der Waals surface area contributed by atoms with Gasteiger partial charge >= 0.3 is 17.1 Å². The first kappa shape index (κ1) is 12.7. The average molecular weight is 261 g/mol. The highest BCUT2D eigenvalue weighted by atomic mass is 16.4. The van der Waals surface area contributed by atoms with Crippen molar-refractivity contribution in [3.8, 4) is 0 Å². The molecule has 0 fully saturated rings. The molecule has 19 heavy (non-hydrogen) atoms. The molecular weight excluding hydrogens is 250 g/mol. The molecule has 0 aromatic carbocycles. The molecule has 0 bridgehead atoms. The molecule has 98 valence electrons. The van der Waals surface area contributed by atoms with E-state index in [1.807, 2.05) is 0 Å². The zero-order valence-electron chi connectivity index (χ0n) is 10.1. The molecule has 2 aromatic heterocycles. The highest BCUT2D eigenvalue weighted by molar-refractivity contribution is 5.85. The molecule has 2 rings (SSSR count). The van der Waals surface area contributed by atoms with Crippen LogP contribution in [0.1, 0.15) is 16.2 Å². The number of rotatable bonds is 3. The summed E-state index contributed by atoms with van der Waals surface area (Å²) in [6.07, 6.45) is 2.92. The van der Waals surface area contributed by atoms with Gasteiger partial charge in [-0.25, -0.2) is 9.78 Å². The summed E-state index contributed by atoms with van der Waals surface area (Å²) >= 11 is 0. The average Bonchev–Trinajstić information content (AvgIpc) is 2.40. The molecule has 2 heterocycles. The van der Waals surface area contributed by atoms with Crippen molar-refractivity contribution in [2.24, 2.45) is 7.05 Å². The molecule has 0 aliphatic rings. The molecule has 0 atom stereocenters. The van der Waals surface area contributed by atoms with E-state index >= 15 is 0 Å². The summed E-state index contributed by atoms with van der Waals surface area (Å²) in [4.78, 5) is 37.8. The summed E-state index contributed by atoms with van der Waals surface area (Å²) < 4.78 is 2.37. The third-order valence-corrected chi connectivity index (χ3v) is 2.59. The number of nitrogens with zero attached hydrogens (tertiary/aromatic N) is 3. The van der Waals surface area contributed by atoms with Crippen LogP contribution in [0.4, 0.5) is 0 Å². The van der Waals surface area contributed by atoms with E-state index in [0.29, 0.717) is 5.69 Å². The Morgan fingerprint density at radius 3 is 2.68 bits per heavy atom. The normalized spacial score (nSPS) is 10.4. The van der Waals surface area contributed by atoms with Crippen molar-refractivity contribution in [3.05, 3.63) is 62.7 Å². The smallest absolute Gasteiger partial charge is 0.354 e. The molecule has 0 aliphatic heterocycles. The van der Waals surface area contributed by atoms with Gasteiger partial charge in [-0.1, -0.05) is 6.07 Å². The lowest BCUT2D eigenvalue weighted by Crippen LogP contribution is -2.39. The molecular formula is C12H11N3O4. The highest BCUT2D eigenvalue weighted by Gasteiger charge is 2.07. The van der Waals surface area contributed by atoms with Crippen LogP contribution in [-0.4, -0.2) is 25.2 Å². The van der Waals surface area contributed by atoms with Crippen LogP contribution < -0.4 is 11.1 Å². The van der Waals surface area contributed by atoms with E-state index in [0.717, 1.165) is 0 Å². The number of hydrogen-bond acceptors (Lipinski definition) is 4. The number of carboxylic acid groups (broad SMARTS) is 1. The minimum absolute atomic E-state index is 0.0516. The minimum atomic E-state index is -1.14. The fraction of sp³-hybridized carbons (Fsp3) is 0.167. The van der Waals surface area contributed by atoms with Gasteiger partial charge in [0.25, 0.3) is 0 Å². The first-order chi connectivity index (χ1) is 8.99. The maximum absolute atomic E-state index is 11.7. The van der Waals surface area contributed by atoms with E-state index in [2.05, 4.69) is 4.98 Å². The molecule has 0 saturated heterocycles. The maximum atomic E-state index is 11.7. The molecule has 0 radical (unpaired) electrons. The van der Waals surface area contributed by atoms with Gasteiger partial charge in [0.05, 0.1) is 12.2 Å². The minimum Gasteiger partial charge on any atom is -0.477 e. The van der Waals surface area contributed by atoms with Gasteiger partial charge in [0.15, 0.2) is 0 Å². The van der Waals surface area contributed by atoms with Crippen molar-refractivity contribution in [2.45, 2.75) is 6.54 Å². The van der Waals surface area contributed by atoms with Gasteiger partial charge in [-0.2, -0.15) is 0 Å². The second-order valence-corrected chi connectivity index (χ2v) is 3.97. The van der Waals surface area contributed by atoms with Gasteiger partial charge in [-0.3, -0.25) is 9.59 Å². The Morgan fingerprint density at radius 2 is 2.00 bits per heavy atom. The van der Waals surface area contributed by atoms with E-state index in [4.69, 9.17) is 5.11 Å².